The van der Waals surface area contributed by atoms with Gasteiger partial charge in [0.25, 0.3) is 0 Å². The van der Waals surface area contributed by atoms with Crippen molar-refractivity contribution in [1.82, 2.24) is 4.98 Å². The number of carboxylic acid groups (broad SMARTS) is 1. The lowest BCUT2D eigenvalue weighted by Gasteiger charge is -2.24. The molecular formula is C20H20N2O4. The Hall–Kier alpha value is -3.15. The number of rotatable bonds is 5. The smallest absolute Gasteiger partial charge is 0.307 e. The van der Waals surface area contributed by atoms with Gasteiger partial charge in [0.15, 0.2) is 0 Å². The Kier molecular flexibility index (Phi) is 5.31. The molecule has 1 aliphatic rings. The molecule has 6 nitrogen and oxygen atoms in total. The number of hydrogen-bond donors (Lipinski definition) is 2. The van der Waals surface area contributed by atoms with E-state index in [2.05, 4.69) is 10.3 Å². The fourth-order valence-electron chi connectivity index (χ4n) is 2.99. The molecule has 1 aromatic carbocycles. The van der Waals surface area contributed by atoms with Gasteiger partial charge in [0.1, 0.15) is 11.5 Å². The molecular weight excluding hydrogens is 332 g/mol. The number of benzene rings is 1. The second-order valence-corrected chi connectivity index (χ2v) is 6.25. The lowest BCUT2D eigenvalue weighted by molar-refractivity contribution is -0.146. The summed E-state index contributed by atoms with van der Waals surface area (Å²) in [7, 11) is 0. The minimum Gasteiger partial charge on any atom is -0.481 e. The Morgan fingerprint density at radius 3 is 2.62 bits per heavy atom. The van der Waals surface area contributed by atoms with E-state index in [9.17, 15) is 14.7 Å². The number of nitrogens with zero attached hydrogens (tertiary/aromatic N) is 1. The highest BCUT2D eigenvalue weighted by Gasteiger charge is 2.33. The summed E-state index contributed by atoms with van der Waals surface area (Å²) >= 11 is 0. The van der Waals surface area contributed by atoms with Crippen LogP contribution in [0.4, 0.5) is 5.69 Å². The molecule has 1 aliphatic carbocycles. The molecule has 1 aromatic heterocycles. The first-order valence-corrected chi connectivity index (χ1v) is 8.42. The second kappa shape index (κ2) is 7.82. The Bertz CT molecular complexity index is 833. The van der Waals surface area contributed by atoms with Crippen LogP contribution < -0.4 is 10.1 Å². The van der Waals surface area contributed by atoms with Crippen molar-refractivity contribution in [3.63, 3.8) is 0 Å². The van der Waals surface area contributed by atoms with Crippen molar-refractivity contribution < 1.29 is 19.4 Å². The highest BCUT2D eigenvalue weighted by atomic mass is 16.5. The SMILES string of the molecule is Cc1cc(NC(=O)[C@@H]2CC=CC[C@H]2C(=O)O)ccc1Oc1cccnc1. The number of amides is 1. The molecule has 0 spiro atoms. The van der Waals surface area contributed by atoms with Gasteiger partial charge in [0, 0.05) is 11.9 Å². The summed E-state index contributed by atoms with van der Waals surface area (Å²) in [5, 5.41) is 12.1. The molecule has 6 heteroatoms. The van der Waals surface area contributed by atoms with Crippen LogP contribution in [0.25, 0.3) is 0 Å². The van der Waals surface area contributed by atoms with Gasteiger partial charge < -0.3 is 15.2 Å². The number of pyridine rings is 1. The van der Waals surface area contributed by atoms with Crippen LogP contribution in [0.15, 0.2) is 54.9 Å². The Balaban J connectivity index is 1.70. The molecule has 0 bridgehead atoms. The first-order chi connectivity index (χ1) is 12.5. The second-order valence-electron chi connectivity index (χ2n) is 6.25. The number of carbonyl (C=O) groups is 2. The molecule has 2 aromatic rings. The number of ether oxygens (including phenoxy) is 1. The summed E-state index contributed by atoms with van der Waals surface area (Å²) < 4.78 is 5.77. The average Bonchev–Trinajstić information content (AvgIpc) is 2.65. The number of aliphatic carboxylic acids is 1. The van der Waals surface area contributed by atoms with Crippen molar-refractivity contribution in [2.75, 3.05) is 5.32 Å². The fraction of sp³-hybridized carbons (Fsp3) is 0.250. The van der Waals surface area contributed by atoms with E-state index in [-0.39, 0.29) is 5.91 Å². The van der Waals surface area contributed by atoms with Crippen molar-refractivity contribution in [2.24, 2.45) is 11.8 Å². The zero-order chi connectivity index (χ0) is 18.5. The number of nitrogens with one attached hydrogen (secondary N) is 1. The number of allylic oxidation sites excluding steroid dienone is 2. The molecule has 134 valence electrons. The van der Waals surface area contributed by atoms with Crippen LogP contribution in [0.2, 0.25) is 0 Å². The minimum absolute atomic E-state index is 0.276. The monoisotopic (exact) mass is 352 g/mol. The molecule has 26 heavy (non-hydrogen) atoms. The van der Waals surface area contributed by atoms with Crippen molar-refractivity contribution in [2.45, 2.75) is 19.8 Å². The lowest BCUT2D eigenvalue weighted by atomic mass is 9.82. The maximum atomic E-state index is 12.5. The minimum atomic E-state index is -0.939. The van der Waals surface area contributed by atoms with Crippen LogP contribution >= 0.6 is 0 Å². The molecule has 0 unspecified atom stereocenters. The number of aryl methyl sites for hydroxylation is 1. The lowest BCUT2D eigenvalue weighted by Crippen LogP contribution is -2.34. The van der Waals surface area contributed by atoms with Gasteiger partial charge in [-0.25, -0.2) is 0 Å². The predicted octanol–water partition coefficient (Wildman–Crippen LogP) is 3.79. The number of carbonyl (C=O) groups excluding carboxylic acids is 1. The van der Waals surface area contributed by atoms with Gasteiger partial charge in [-0.05, 0) is 55.7 Å². The number of anilines is 1. The van der Waals surface area contributed by atoms with E-state index >= 15 is 0 Å². The molecule has 0 saturated carbocycles. The summed E-state index contributed by atoms with van der Waals surface area (Å²) in [4.78, 5) is 27.9. The van der Waals surface area contributed by atoms with Crippen LogP contribution in [-0.4, -0.2) is 22.0 Å². The van der Waals surface area contributed by atoms with Gasteiger partial charge in [0.2, 0.25) is 5.91 Å². The summed E-state index contributed by atoms with van der Waals surface area (Å²) in [6.07, 6.45) is 7.78. The number of hydrogen-bond acceptors (Lipinski definition) is 4. The van der Waals surface area contributed by atoms with Gasteiger partial charge in [-0.3, -0.25) is 14.6 Å². The van der Waals surface area contributed by atoms with Crippen molar-refractivity contribution >= 4 is 17.6 Å². The Morgan fingerprint density at radius 2 is 1.96 bits per heavy atom. The van der Waals surface area contributed by atoms with Gasteiger partial charge in [0.05, 0.1) is 18.0 Å². The first kappa shape index (κ1) is 17.7. The van der Waals surface area contributed by atoms with E-state index in [1.54, 1.807) is 36.7 Å². The quantitative estimate of drug-likeness (QED) is 0.799. The van der Waals surface area contributed by atoms with Crippen LogP contribution in [0, 0.1) is 18.8 Å². The van der Waals surface area contributed by atoms with Crippen LogP contribution in [0.5, 0.6) is 11.5 Å². The van der Waals surface area contributed by atoms with Crippen molar-refractivity contribution in [3.05, 3.63) is 60.4 Å². The van der Waals surface area contributed by atoms with E-state index in [1.807, 2.05) is 25.1 Å². The predicted molar refractivity (Wildman–Crippen MR) is 97.1 cm³/mol. The van der Waals surface area contributed by atoms with E-state index < -0.39 is 17.8 Å². The topological polar surface area (TPSA) is 88.5 Å². The molecule has 3 rings (SSSR count). The highest BCUT2D eigenvalue weighted by Crippen LogP contribution is 2.29. The van der Waals surface area contributed by atoms with E-state index in [1.165, 1.54) is 0 Å². The Morgan fingerprint density at radius 1 is 1.19 bits per heavy atom. The van der Waals surface area contributed by atoms with Gasteiger partial charge in [-0.15, -0.1) is 0 Å². The van der Waals surface area contributed by atoms with Crippen molar-refractivity contribution in [3.8, 4) is 11.5 Å². The summed E-state index contributed by atoms with van der Waals surface area (Å²) in [5.41, 5.74) is 1.47. The highest BCUT2D eigenvalue weighted by molar-refractivity contribution is 5.95. The Labute approximate surface area is 151 Å². The summed E-state index contributed by atoms with van der Waals surface area (Å²) in [6, 6.07) is 8.91. The maximum Gasteiger partial charge on any atom is 0.307 e. The number of carboxylic acids is 1. The zero-order valence-electron chi connectivity index (χ0n) is 14.4. The normalized spacial score (nSPS) is 19.0. The van der Waals surface area contributed by atoms with Gasteiger partial charge >= 0.3 is 5.97 Å². The van der Waals surface area contributed by atoms with Crippen molar-refractivity contribution in [1.29, 1.82) is 0 Å². The molecule has 1 heterocycles. The molecule has 0 radical (unpaired) electrons. The average molecular weight is 352 g/mol. The van der Waals surface area contributed by atoms with E-state index in [0.717, 1.165) is 5.56 Å². The van der Waals surface area contributed by atoms with E-state index in [0.29, 0.717) is 30.0 Å². The molecule has 1 amide bonds. The van der Waals surface area contributed by atoms with E-state index in [4.69, 9.17) is 4.74 Å². The number of aromatic nitrogens is 1. The van der Waals surface area contributed by atoms with Gasteiger partial charge in [-0.2, -0.15) is 0 Å². The van der Waals surface area contributed by atoms with Crippen LogP contribution in [0.3, 0.4) is 0 Å². The van der Waals surface area contributed by atoms with Crippen LogP contribution in [-0.2, 0) is 9.59 Å². The molecule has 0 fully saturated rings. The maximum absolute atomic E-state index is 12.5. The third kappa shape index (κ3) is 4.08. The summed E-state index contributed by atoms with van der Waals surface area (Å²) in [5.74, 6) is -1.17. The molecule has 2 atom stereocenters. The molecule has 2 N–H and O–H groups in total. The first-order valence-electron chi connectivity index (χ1n) is 8.42. The summed E-state index contributed by atoms with van der Waals surface area (Å²) in [6.45, 7) is 1.88. The standard InChI is InChI=1S/C20H20N2O4/c1-13-11-14(8-9-18(13)26-15-5-4-10-21-12-15)22-19(23)16-6-2-3-7-17(16)20(24)25/h2-5,8-12,16-17H,6-7H2,1H3,(H,22,23)(H,24,25)/t16-,17-/m1/s1. The van der Waals surface area contributed by atoms with Gasteiger partial charge in [-0.1, -0.05) is 12.2 Å². The van der Waals surface area contributed by atoms with Crippen LogP contribution in [0.1, 0.15) is 18.4 Å². The molecule has 0 aliphatic heterocycles. The zero-order valence-corrected chi connectivity index (χ0v) is 14.4. The third-order valence-electron chi connectivity index (χ3n) is 4.39. The molecule has 0 saturated heterocycles. The fourth-order valence-corrected chi connectivity index (χ4v) is 2.99. The largest absolute Gasteiger partial charge is 0.481 e. The third-order valence-corrected chi connectivity index (χ3v) is 4.39.